The molecule has 0 spiro atoms. The first-order chi connectivity index (χ1) is 10.6. The quantitative estimate of drug-likeness (QED) is 0.898. The molecule has 0 aliphatic carbocycles. The Balaban J connectivity index is 1.68. The van der Waals surface area contributed by atoms with E-state index in [1.807, 2.05) is 32.0 Å². The highest BCUT2D eigenvalue weighted by atomic mass is 16.6. The van der Waals surface area contributed by atoms with Gasteiger partial charge in [0.25, 0.3) is 0 Å². The fourth-order valence-corrected chi connectivity index (χ4v) is 3.02. The van der Waals surface area contributed by atoms with E-state index in [1.54, 1.807) is 0 Å². The predicted octanol–water partition coefficient (Wildman–Crippen LogP) is 2.17. The van der Waals surface area contributed by atoms with E-state index in [9.17, 15) is 4.79 Å². The monoisotopic (exact) mass is 304 g/mol. The molecule has 2 aliphatic rings. The second kappa shape index (κ2) is 6.16. The molecule has 1 fully saturated rings. The van der Waals surface area contributed by atoms with Crippen LogP contribution in [-0.2, 0) is 4.79 Å². The number of amides is 1. The van der Waals surface area contributed by atoms with E-state index in [0.29, 0.717) is 13.2 Å². The van der Waals surface area contributed by atoms with E-state index in [0.717, 1.165) is 42.9 Å². The zero-order valence-corrected chi connectivity index (χ0v) is 13.3. The van der Waals surface area contributed by atoms with Gasteiger partial charge in [-0.1, -0.05) is 6.07 Å². The summed E-state index contributed by atoms with van der Waals surface area (Å²) in [6.45, 7) is 6.04. The van der Waals surface area contributed by atoms with Crippen molar-refractivity contribution in [1.29, 1.82) is 0 Å². The Kier molecular flexibility index (Phi) is 4.25. The zero-order valence-electron chi connectivity index (χ0n) is 13.3. The van der Waals surface area contributed by atoms with Gasteiger partial charge in [-0.05, 0) is 57.4 Å². The summed E-state index contributed by atoms with van der Waals surface area (Å²) in [7, 11) is 0. The summed E-state index contributed by atoms with van der Waals surface area (Å²) in [4.78, 5) is 12.6. The van der Waals surface area contributed by atoms with E-state index in [-0.39, 0.29) is 11.9 Å². The van der Waals surface area contributed by atoms with E-state index < -0.39 is 5.54 Å². The fourth-order valence-electron chi connectivity index (χ4n) is 3.02. The Labute approximate surface area is 131 Å². The first kappa shape index (κ1) is 15.2. The van der Waals surface area contributed by atoms with Gasteiger partial charge in [0.05, 0.1) is 11.6 Å². The number of fused-ring (bicyclic) bond motifs is 1. The van der Waals surface area contributed by atoms with E-state index in [1.165, 1.54) is 0 Å². The van der Waals surface area contributed by atoms with Crippen LogP contribution in [0.2, 0.25) is 0 Å². The van der Waals surface area contributed by atoms with Crippen molar-refractivity contribution in [3.8, 4) is 11.5 Å². The normalized spacial score (nSPS) is 25.4. The largest absolute Gasteiger partial charge is 0.486 e. The number of piperidine rings is 1. The molecule has 2 heterocycles. The molecule has 0 aromatic heterocycles. The molecule has 2 unspecified atom stereocenters. The predicted molar refractivity (Wildman–Crippen MR) is 84.2 cm³/mol. The number of benzene rings is 1. The molecular formula is C17H24N2O3. The molecule has 5 nitrogen and oxygen atoms in total. The second-order valence-electron chi connectivity index (χ2n) is 6.31. The molecule has 5 heteroatoms. The molecule has 1 aromatic carbocycles. The van der Waals surface area contributed by atoms with Gasteiger partial charge in [-0.25, -0.2) is 0 Å². The van der Waals surface area contributed by atoms with Crippen LogP contribution in [-0.4, -0.2) is 31.2 Å². The lowest BCUT2D eigenvalue weighted by atomic mass is 9.89. The Hall–Kier alpha value is -1.75. The summed E-state index contributed by atoms with van der Waals surface area (Å²) in [6.07, 6.45) is 3.11. The average Bonchev–Trinajstić information content (AvgIpc) is 2.55. The number of ether oxygens (including phenoxy) is 2. The minimum absolute atomic E-state index is 0.0644. The van der Waals surface area contributed by atoms with Crippen molar-refractivity contribution in [3.05, 3.63) is 23.8 Å². The van der Waals surface area contributed by atoms with E-state index in [2.05, 4.69) is 10.6 Å². The molecule has 22 heavy (non-hydrogen) atoms. The molecule has 120 valence electrons. The lowest BCUT2D eigenvalue weighted by Crippen LogP contribution is -2.57. The highest BCUT2D eigenvalue weighted by molar-refractivity contribution is 5.86. The lowest BCUT2D eigenvalue weighted by molar-refractivity contribution is -0.128. The third kappa shape index (κ3) is 3.04. The van der Waals surface area contributed by atoms with Crippen LogP contribution >= 0.6 is 0 Å². The molecule has 1 saturated heterocycles. The number of carbonyl (C=O) groups excluding carboxylic acids is 1. The summed E-state index contributed by atoms with van der Waals surface area (Å²) in [6, 6.07) is 5.78. The molecule has 2 N–H and O–H groups in total. The molecule has 2 atom stereocenters. The Bertz CT molecular complexity index is 553. The van der Waals surface area contributed by atoms with Crippen molar-refractivity contribution < 1.29 is 14.3 Å². The van der Waals surface area contributed by atoms with Crippen LogP contribution in [0.25, 0.3) is 0 Å². The number of hydrogen-bond acceptors (Lipinski definition) is 4. The number of nitrogens with one attached hydrogen (secondary N) is 2. The van der Waals surface area contributed by atoms with Crippen LogP contribution in [0.5, 0.6) is 11.5 Å². The van der Waals surface area contributed by atoms with Gasteiger partial charge in [-0.2, -0.15) is 0 Å². The van der Waals surface area contributed by atoms with Crippen molar-refractivity contribution in [2.24, 2.45) is 0 Å². The number of carbonyl (C=O) groups is 1. The van der Waals surface area contributed by atoms with Crippen LogP contribution in [0.4, 0.5) is 0 Å². The molecular weight excluding hydrogens is 280 g/mol. The molecule has 0 saturated carbocycles. The maximum absolute atomic E-state index is 12.6. The van der Waals surface area contributed by atoms with Crippen LogP contribution < -0.4 is 20.1 Å². The molecule has 2 aliphatic heterocycles. The summed E-state index contributed by atoms with van der Waals surface area (Å²) < 4.78 is 11.1. The van der Waals surface area contributed by atoms with E-state index >= 15 is 0 Å². The van der Waals surface area contributed by atoms with Gasteiger partial charge in [0.2, 0.25) is 5.91 Å². The average molecular weight is 304 g/mol. The Morgan fingerprint density at radius 1 is 1.27 bits per heavy atom. The van der Waals surface area contributed by atoms with Crippen LogP contribution in [0, 0.1) is 0 Å². The van der Waals surface area contributed by atoms with Crippen molar-refractivity contribution >= 4 is 5.91 Å². The topological polar surface area (TPSA) is 59.6 Å². The van der Waals surface area contributed by atoms with Crippen LogP contribution in [0.15, 0.2) is 18.2 Å². The minimum atomic E-state index is -0.458. The number of hydrogen-bond donors (Lipinski definition) is 2. The Morgan fingerprint density at radius 2 is 2.05 bits per heavy atom. The van der Waals surface area contributed by atoms with Gasteiger partial charge >= 0.3 is 0 Å². The molecule has 1 amide bonds. The SMILES string of the molecule is CC(NC(=O)C1(C)CCCCN1)c1ccc2c(c1)OCCO2. The first-order valence-electron chi connectivity index (χ1n) is 8.04. The van der Waals surface area contributed by atoms with E-state index in [4.69, 9.17) is 9.47 Å². The number of rotatable bonds is 3. The third-order valence-corrected chi connectivity index (χ3v) is 4.53. The molecule has 0 radical (unpaired) electrons. The minimum Gasteiger partial charge on any atom is -0.486 e. The van der Waals surface area contributed by atoms with Gasteiger partial charge in [0.15, 0.2) is 11.5 Å². The summed E-state index contributed by atoms with van der Waals surface area (Å²) in [5, 5.41) is 6.46. The van der Waals surface area contributed by atoms with Crippen molar-refractivity contribution in [3.63, 3.8) is 0 Å². The summed E-state index contributed by atoms with van der Waals surface area (Å²) in [5.74, 6) is 1.59. The first-order valence-corrected chi connectivity index (χ1v) is 8.04. The molecule has 1 aromatic rings. The standard InChI is InChI=1S/C17H24N2O3/c1-12(19-16(20)17(2)7-3-4-8-18-17)13-5-6-14-15(11-13)22-10-9-21-14/h5-6,11-12,18H,3-4,7-10H2,1-2H3,(H,19,20). The third-order valence-electron chi connectivity index (χ3n) is 4.53. The lowest BCUT2D eigenvalue weighted by Gasteiger charge is -2.34. The van der Waals surface area contributed by atoms with Gasteiger partial charge in [0.1, 0.15) is 13.2 Å². The second-order valence-corrected chi connectivity index (χ2v) is 6.31. The zero-order chi connectivity index (χ0) is 15.6. The van der Waals surface area contributed by atoms with Gasteiger partial charge < -0.3 is 20.1 Å². The maximum Gasteiger partial charge on any atom is 0.240 e. The van der Waals surface area contributed by atoms with Gasteiger partial charge in [-0.3, -0.25) is 4.79 Å². The highest BCUT2D eigenvalue weighted by Gasteiger charge is 2.34. The maximum atomic E-state index is 12.6. The van der Waals surface area contributed by atoms with Crippen molar-refractivity contribution in [1.82, 2.24) is 10.6 Å². The van der Waals surface area contributed by atoms with Crippen molar-refractivity contribution in [2.75, 3.05) is 19.8 Å². The highest BCUT2D eigenvalue weighted by Crippen LogP contribution is 2.32. The summed E-state index contributed by atoms with van der Waals surface area (Å²) >= 11 is 0. The fraction of sp³-hybridized carbons (Fsp3) is 0.588. The summed E-state index contributed by atoms with van der Waals surface area (Å²) in [5.41, 5.74) is 0.567. The Morgan fingerprint density at radius 3 is 2.77 bits per heavy atom. The smallest absolute Gasteiger partial charge is 0.240 e. The van der Waals surface area contributed by atoms with Crippen LogP contribution in [0.1, 0.15) is 44.7 Å². The molecule has 0 bridgehead atoms. The van der Waals surface area contributed by atoms with Gasteiger partial charge in [-0.15, -0.1) is 0 Å². The van der Waals surface area contributed by atoms with Crippen LogP contribution in [0.3, 0.4) is 0 Å². The van der Waals surface area contributed by atoms with Crippen molar-refractivity contribution in [2.45, 2.75) is 44.7 Å². The molecule has 3 rings (SSSR count). The van der Waals surface area contributed by atoms with Gasteiger partial charge in [0, 0.05) is 0 Å².